The van der Waals surface area contributed by atoms with Crippen molar-refractivity contribution < 1.29 is 14.7 Å². The minimum absolute atomic E-state index is 0.0132. The number of benzene rings is 1. The van der Waals surface area contributed by atoms with Crippen LogP contribution in [0.5, 0.6) is 0 Å². The average molecular weight is 279 g/mol. The molecule has 2 amide bonds. The van der Waals surface area contributed by atoms with Crippen molar-refractivity contribution in [1.82, 2.24) is 5.32 Å². The van der Waals surface area contributed by atoms with Crippen LogP contribution in [-0.2, 0) is 16.2 Å². The van der Waals surface area contributed by atoms with E-state index in [2.05, 4.69) is 10.6 Å². The number of nitrogens with two attached hydrogens (primary N) is 1. The Balaban J connectivity index is 2.46. The average Bonchev–Trinajstić information content (AvgIpc) is 2.43. The fraction of sp³-hybridized carbons (Fsp3) is 0.429. The smallest absolute Gasteiger partial charge is 0.243 e. The van der Waals surface area contributed by atoms with E-state index in [9.17, 15) is 9.59 Å². The first-order valence-electron chi connectivity index (χ1n) is 6.47. The van der Waals surface area contributed by atoms with Gasteiger partial charge in [-0.2, -0.15) is 0 Å². The number of aliphatic hydroxyl groups is 1. The lowest BCUT2D eigenvalue weighted by Gasteiger charge is -2.15. The number of hydrogen-bond donors (Lipinski definition) is 4. The SMILES string of the molecule is CC(C)[C@H](N)C(=O)NCC(=O)Nc1cccc(CO)c1. The zero-order chi connectivity index (χ0) is 15.1. The van der Waals surface area contributed by atoms with Crippen molar-refractivity contribution in [2.24, 2.45) is 11.7 Å². The van der Waals surface area contributed by atoms with Gasteiger partial charge in [0.1, 0.15) is 0 Å². The molecule has 0 heterocycles. The number of hydrogen-bond acceptors (Lipinski definition) is 4. The monoisotopic (exact) mass is 279 g/mol. The molecular weight excluding hydrogens is 258 g/mol. The Bertz CT molecular complexity index is 474. The molecule has 0 aromatic heterocycles. The van der Waals surface area contributed by atoms with E-state index in [1.807, 2.05) is 13.8 Å². The summed E-state index contributed by atoms with van der Waals surface area (Å²) in [6.07, 6.45) is 0. The van der Waals surface area contributed by atoms with Crippen LogP contribution < -0.4 is 16.4 Å². The summed E-state index contributed by atoms with van der Waals surface area (Å²) in [4.78, 5) is 23.3. The minimum Gasteiger partial charge on any atom is -0.392 e. The summed E-state index contributed by atoms with van der Waals surface area (Å²) < 4.78 is 0. The van der Waals surface area contributed by atoms with Crippen LogP contribution in [0.3, 0.4) is 0 Å². The molecule has 1 aromatic rings. The maximum absolute atomic E-state index is 11.7. The van der Waals surface area contributed by atoms with Crippen molar-refractivity contribution in [2.45, 2.75) is 26.5 Å². The third kappa shape index (κ3) is 4.99. The predicted octanol–water partition coefficient (Wildman–Crippen LogP) is 0.217. The Hall–Kier alpha value is -1.92. The summed E-state index contributed by atoms with van der Waals surface area (Å²) in [7, 11) is 0. The van der Waals surface area contributed by atoms with E-state index in [4.69, 9.17) is 10.8 Å². The Kier molecular flexibility index (Phi) is 6.14. The molecule has 110 valence electrons. The van der Waals surface area contributed by atoms with E-state index in [-0.39, 0.29) is 30.9 Å². The van der Waals surface area contributed by atoms with Crippen LogP contribution in [0.1, 0.15) is 19.4 Å². The van der Waals surface area contributed by atoms with Crippen LogP contribution >= 0.6 is 0 Å². The van der Waals surface area contributed by atoms with Crippen molar-refractivity contribution in [1.29, 1.82) is 0 Å². The summed E-state index contributed by atoms with van der Waals surface area (Å²) in [6, 6.07) is 6.23. The van der Waals surface area contributed by atoms with Gasteiger partial charge in [0.05, 0.1) is 19.2 Å². The maximum Gasteiger partial charge on any atom is 0.243 e. The second kappa shape index (κ2) is 7.62. The molecule has 0 bridgehead atoms. The van der Waals surface area contributed by atoms with Crippen LogP contribution in [0.25, 0.3) is 0 Å². The molecule has 6 heteroatoms. The number of carbonyl (C=O) groups excluding carboxylic acids is 2. The fourth-order valence-electron chi connectivity index (χ4n) is 1.54. The van der Waals surface area contributed by atoms with E-state index in [1.54, 1.807) is 24.3 Å². The zero-order valence-corrected chi connectivity index (χ0v) is 11.7. The zero-order valence-electron chi connectivity index (χ0n) is 11.7. The van der Waals surface area contributed by atoms with E-state index in [0.717, 1.165) is 0 Å². The second-order valence-electron chi connectivity index (χ2n) is 4.89. The third-order valence-electron chi connectivity index (χ3n) is 2.84. The van der Waals surface area contributed by atoms with Crippen molar-refractivity contribution in [3.8, 4) is 0 Å². The Morgan fingerprint density at radius 2 is 2.05 bits per heavy atom. The normalized spacial score (nSPS) is 12.1. The molecule has 0 spiro atoms. The van der Waals surface area contributed by atoms with Gasteiger partial charge in [-0.3, -0.25) is 9.59 Å². The summed E-state index contributed by atoms with van der Waals surface area (Å²) in [6.45, 7) is 3.45. The standard InChI is InChI=1S/C14H21N3O3/c1-9(2)13(15)14(20)16-7-12(19)17-11-5-3-4-10(6-11)8-18/h3-6,9,13,18H,7-8,15H2,1-2H3,(H,16,20)(H,17,19)/t13-/m0/s1. The lowest BCUT2D eigenvalue weighted by Crippen LogP contribution is -2.46. The van der Waals surface area contributed by atoms with Gasteiger partial charge in [-0.15, -0.1) is 0 Å². The first-order chi connectivity index (χ1) is 9.43. The molecule has 20 heavy (non-hydrogen) atoms. The topological polar surface area (TPSA) is 104 Å². The first kappa shape index (κ1) is 16.1. The molecule has 6 nitrogen and oxygen atoms in total. The lowest BCUT2D eigenvalue weighted by molar-refractivity contribution is -0.125. The quantitative estimate of drug-likeness (QED) is 0.597. The van der Waals surface area contributed by atoms with Crippen molar-refractivity contribution in [3.05, 3.63) is 29.8 Å². The molecule has 0 radical (unpaired) electrons. The largest absolute Gasteiger partial charge is 0.392 e. The van der Waals surface area contributed by atoms with Crippen LogP contribution in [0.15, 0.2) is 24.3 Å². The summed E-state index contributed by atoms with van der Waals surface area (Å²) >= 11 is 0. The molecule has 0 unspecified atom stereocenters. The van der Waals surface area contributed by atoms with Gasteiger partial charge in [-0.05, 0) is 23.6 Å². The molecule has 1 atom stereocenters. The van der Waals surface area contributed by atoms with Crippen molar-refractivity contribution in [3.63, 3.8) is 0 Å². The van der Waals surface area contributed by atoms with Gasteiger partial charge in [0.2, 0.25) is 11.8 Å². The van der Waals surface area contributed by atoms with E-state index in [0.29, 0.717) is 11.3 Å². The van der Waals surface area contributed by atoms with Crippen molar-refractivity contribution in [2.75, 3.05) is 11.9 Å². The molecule has 0 aliphatic heterocycles. The number of aliphatic hydroxyl groups excluding tert-OH is 1. The predicted molar refractivity (Wildman–Crippen MR) is 76.8 cm³/mol. The van der Waals surface area contributed by atoms with Gasteiger partial charge in [0, 0.05) is 5.69 Å². The van der Waals surface area contributed by atoms with Crippen molar-refractivity contribution >= 4 is 17.5 Å². The van der Waals surface area contributed by atoms with Gasteiger partial charge in [-0.1, -0.05) is 26.0 Å². The highest BCUT2D eigenvalue weighted by molar-refractivity contribution is 5.95. The number of nitrogens with one attached hydrogen (secondary N) is 2. The number of rotatable bonds is 6. The maximum atomic E-state index is 11.7. The fourth-order valence-corrected chi connectivity index (χ4v) is 1.54. The Morgan fingerprint density at radius 3 is 2.65 bits per heavy atom. The first-order valence-corrected chi connectivity index (χ1v) is 6.47. The Labute approximate surface area is 118 Å². The summed E-state index contributed by atoms with van der Waals surface area (Å²) in [5, 5.41) is 14.1. The number of anilines is 1. The molecule has 1 aromatic carbocycles. The molecule has 0 saturated heterocycles. The molecule has 0 aliphatic carbocycles. The van der Waals surface area contributed by atoms with Crippen LogP contribution in [0, 0.1) is 5.92 Å². The number of amides is 2. The molecule has 0 aliphatic rings. The van der Waals surface area contributed by atoms with E-state index < -0.39 is 6.04 Å². The van der Waals surface area contributed by atoms with Crippen LogP contribution in [0.2, 0.25) is 0 Å². The van der Waals surface area contributed by atoms with Gasteiger partial charge < -0.3 is 21.5 Å². The third-order valence-corrected chi connectivity index (χ3v) is 2.84. The molecule has 0 fully saturated rings. The van der Waals surface area contributed by atoms with Gasteiger partial charge in [0.15, 0.2) is 0 Å². The van der Waals surface area contributed by atoms with Gasteiger partial charge in [-0.25, -0.2) is 0 Å². The summed E-state index contributed by atoms with van der Waals surface area (Å²) in [5.74, 6) is -0.678. The highest BCUT2D eigenvalue weighted by atomic mass is 16.3. The van der Waals surface area contributed by atoms with Gasteiger partial charge >= 0.3 is 0 Å². The van der Waals surface area contributed by atoms with Gasteiger partial charge in [0.25, 0.3) is 0 Å². The molecule has 0 saturated carbocycles. The van der Waals surface area contributed by atoms with E-state index in [1.165, 1.54) is 0 Å². The van der Waals surface area contributed by atoms with E-state index >= 15 is 0 Å². The highest BCUT2D eigenvalue weighted by Gasteiger charge is 2.17. The highest BCUT2D eigenvalue weighted by Crippen LogP contribution is 2.10. The molecular formula is C14H21N3O3. The summed E-state index contributed by atoms with van der Waals surface area (Å²) in [5.41, 5.74) is 6.94. The number of carbonyl (C=O) groups is 2. The van der Waals surface area contributed by atoms with Crippen LogP contribution in [0.4, 0.5) is 5.69 Å². The molecule has 1 rings (SSSR count). The lowest BCUT2D eigenvalue weighted by atomic mass is 10.1. The molecule has 5 N–H and O–H groups in total. The Morgan fingerprint density at radius 1 is 1.35 bits per heavy atom. The second-order valence-corrected chi connectivity index (χ2v) is 4.89. The minimum atomic E-state index is -0.625. The van der Waals surface area contributed by atoms with Crippen LogP contribution in [-0.4, -0.2) is 29.5 Å².